The van der Waals surface area contributed by atoms with Crippen molar-refractivity contribution < 1.29 is 10.2 Å². The normalized spacial score (nSPS) is 13.2. The van der Waals surface area contributed by atoms with E-state index < -0.39 is 6.10 Å². The summed E-state index contributed by atoms with van der Waals surface area (Å²) in [6.07, 6.45) is 5.18. The summed E-state index contributed by atoms with van der Waals surface area (Å²) >= 11 is 1.88. The van der Waals surface area contributed by atoms with E-state index in [1.54, 1.807) is 0 Å². The van der Waals surface area contributed by atoms with Gasteiger partial charge in [-0.2, -0.15) is 11.8 Å². The minimum absolute atomic E-state index is 0.153. The first-order valence-electron chi connectivity index (χ1n) is 4.79. The van der Waals surface area contributed by atoms with Gasteiger partial charge in [-0.15, -0.1) is 0 Å². The van der Waals surface area contributed by atoms with Crippen molar-refractivity contribution in [1.29, 1.82) is 0 Å². The zero-order chi connectivity index (χ0) is 9.94. The first-order valence-corrected chi connectivity index (χ1v) is 6.19. The molecule has 0 heterocycles. The minimum atomic E-state index is -0.605. The molecule has 0 aromatic rings. The van der Waals surface area contributed by atoms with Crippen molar-refractivity contribution in [3.8, 4) is 0 Å². The van der Waals surface area contributed by atoms with E-state index in [1.807, 2.05) is 11.8 Å². The van der Waals surface area contributed by atoms with Crippen LogP contribution in [0, 0.1) is 0 Å². The number of thioether (sulfide) groups is 1. The number of rotatable bonds is 9. The van der Waals surface area contributed by atoms with Gasteiger partial charge >= 0.3 is 0 Å². The Bertz CT molecular complexity index is 104. The summed E-state index contributed by atoms with van der Waals surface area (Å²) in [5.74, 6) is 1.24. The fourth-order valence-electron chi connectivity index (χ4n) is 1.01. The molecule has 13 heavy (non-hydrogen) atoms. The van der Waals surface area contributed by atoms with Gasteiger partial charge in [0, 0.05) is 6.54 Å². The van der Waals surface area contributed by atoms with Crippen molar-refractivity contribution in [3.63, 3.8) is 0 Å². The molecular formula is C9H21NO2S. The lowest BCUT2D eigenvalue weighted by Gasteiger charge is -2.08. The average molecular weight is 207 g/mol. The van der Waals surface area contributed by atoms with Crippen LogP contribution in [-0.2, 0) is 0 Å². The van der Waals surface area contributed by atoms with Crippen LogP contribution in [0.15, 0.2) is 0 Å². The highest BCUT2D eigenvalue weighted by molar-refractivity contribution is 7.98. The molecule has 0 fully saturated rings. The zero-order valence-corrected chi connectivity index (χ0v) is 9.15. The third-order valence-electron chi connectivity index (χ3n) is 1.79. The molecule has 0 bridgehead atoms. The van der Waals surface area contributed by atoms with Gasteiger partial charge in [0.2, 0.25) is 0 Å². The van der Waals surface area contributed by atoms with Crippen molar-refractivity contribution in [3.05, 3.63) is 0 Å². The Labute approximate surface area is 84.9 Å². The van der Waals surface area contributed by atoms with E-state index in [-0.39, 0.29) is 6.61 Å². The van der Waals surface area contributed by atoms with Gasteiger partial charge in [-0.05, 0) is 31.4 Å². The van der Waals surface area contributed by atoms with Crippen LogP contribution in [0.25, 0.3) is 0 Å². The highest BCUT2D eigenvalue weighted by atomic mass is 32.2. The van der Waals surface area contributed by atoms with E-state index in [2.05, 4.69) is 11.6 Å². The van der Waals surface area contributed by atoms with Gasteiger partial charge in [0.15, 0.2) is 0 Å². The van der Waals surface area contributed by atoms with E-state index in [1.165, 1.54) is 18.6 Å². The predicted octanol–water partition coefficient (Wildman–Crippen LogP) is 0.462. The summed E-state index contributed by atoms with van der Waals surface area (Å²) in [5.41, 5.74) is 0. The molecule has 1 atom stereocenters. The number of hydrogen-bond donors (Lipinski definition) is 3. The maximum absolute atomic E-state index is 8.98. The molecule has 4 heteroatoms. The predicted molar refractivity (Wildman–Crippen MR) is 58.2 cm³/mol. The van der Waals surface area contributed by atoms with E-state index in [4.69, 9.17) is 10.2 Å². The lowest BCUT2D eigenvalue weighted by molar-refractivity contribution is 0.0945. The first-order chi connectivity index (χ1) is 6.31. The summed E-state index contributed by atoms with van der Waals surface area (Å²) in [4.78, 5) is 0. The second kappa shape index (κ2) is 10.3. The summed E-state index contributed by atoms with van der Waals surface area (Å²) in [7, 11) is 0. The van der Waals surface area contributed by atoms with Crippen molar-refractivity contribution in [2.45, 2.75) is 25.4 Å². The van der Waals surface area contributed by atoms with Gasteiger partial charge in [0.05, 0.1) is 12.7 Å². The molecule has 0 radical (unpaired) electrons. The molecule has 80 valence electrons. The van der Waals surface area contributed by atoms with Crippen molar-refractivity contribution in [2.75, 3.05) is 31.7 Å². The molecule has 0 aromatic carbocycles. The molecule has 0 aliphatic carbocycles. The van der Waals surface area contributed by atoms with Crippen molar-refractivity contribution >= 4 is 11.8 Å². The van der Waals surface area contributed by atoms with E-state index in [9.17, 15) is 0 Å². The Balaban J connectivity index is 2.91. The molecule has 1 unspecified atom stereocenters. The van der Waals surface area contributed by atoms with Crippen LogP contribution < -0.4 is 5.32 Å². The third kappa shape index (κ3) is 10.1. The van der Waals surface area contributed by atoms with Gasteiger partial charge in [0.1, 0.15) is 0 Å². The molecule has 0 saturated heterocycles. The lowest BCUT2D eigenvalue weighted by atomic mass is 10.2. The minimum Gasteiger partial charge on any atom is -0.394 e. The average Bonchev–Trinajstić information content (AvgIpc) is 2.16. The van der Waals surface area contributed by atoms with E-state index in [0.717, 1.165) is 13.0 Å². The molecule has 0 rings (SSSR count). The van der Waals surface area contributed by atoms with Crippen LogP contribution in [0.4, 0.5) is 0 Å². The summed E-state index contributed by atoms with van der Waals surface area (Å²) in [6, 6.07) is 0. The second-order valence-corrected chi connectivity index (χ2v) is 4.08. The smallest absolute Gasteiger partial charge is 0.0894 e. The largest absolute Gasteiger partial charge is 0.394 e. The highest BCUT2D eigenvalue weighted by Crippen LogP contribution is 2.01. The Hall–Kier alpha value is 0.230. The van der Waals surface area contributed by atoms with Crippen LogP contribution in [0.1, 0.15) is 19.3 Å². The van der Waals surface area contributed by atoms with E-state index >= 15 is 0 Å². The Morgan fingerprint density at radius 2 is 2.08 bits per heavy atom. The van der Waals surface area contributed by atoms with E-state index in [0.29, 0.717) is 6.54 Å². The Morgan fingerprint density at radius 3 is 2.69 bits per heavy atom. The number of aliphatic hydroxyl groups is 2. The van der Waals surface area contributed by atoms with Gasteiger partial charge < -0.3 is 15.5 Å². The zero-order valence-electron chi connectivity index (χ0n) is 8.33. The van der Waals surface area contributed by atoms with Gasteiger partial charge in [0.25, 0.3) is 0 Å². The second-order valence-electron chi connectivity index (χ2n) is 3.09. The molecular weight excluding hydrogens is 186 g/mol. The number of nitrogens with one attached hydrogen (secondary N) is 1. The van der Waals surface area contributed by atoms with Crippen molar-refractivity contribution in [1.82, 2.24) is 5.32 Å². The molecule has 0 amide bonds. The summed E-state index contributed by atoms with van der Waals surface area (Å²) in [5, 5.41) is 20.6. The molecule has 0 aliphatic rings. The number of aliphatic hydroxyl groups excluding tert-OH is 2. The molecule has 0 aliphatic heterocycles. The SMILES string of the molecule is CSCCCCCNCC(O)CO. The topological polar surface area (TPSA) is 52.5 Å². The maximum atomic E-state index is 8.98. The summed E-state index contributed by atoms with van der Waals surface area (Å²) in [6.45, 7) is 1.28. The first kappa shape index (κ1) is 13.2. The van der Waals surface area contributed by atoms with Crippen LogP contribution in [0.5, 0.6) is 0 Å². The van der Waals surface area contributed by atoms with Gasteiger partial charge in [-0.1, -0.05) is 6.42 Å². The summed E-state index contributed by atoms with van der Waals surface area (Å²) < 4.78 is 0. The molecule has 3 nitrogen and oxygen atoms in total. The molecule has 0 spiro atoms. The van der Waals surface area contributed by atoms with Crippen molar-refractivity contribution in [2.24, 2.45) is 0 Å². The number of hydrogen-bond acceptors (Lipinski definition) is 4. The monoisotopic (exact) mass is 207 g/mol. The fourth-order valence-corrected chi connectivity index (χ4v) is 1.50. The molecule has 0 aromatic heterocycles. The third-order valence-corrected chi connectivity index (χ3v) is 2.49. The van der Waals surface area contributed by atoms with Gasteiger partial charge in [-0.25, -0.2) is 0 Å². The van der Waals surface area contributed by atoms with Crippen LogP contribution >= 0.6 is 11.8 Å². The Morgan fingerprint density at radius 1 is 1.31 bits per heavy atom. The van der Waals surface area contributed by atoms with Gasteiger partial charge in [-0.3, -0.25) is 0 Å². The fraction of sp³-hybridized carbons (Fsp3) is 1.00. The number of unbranched alkanes of at least 4 members (excludes halogenated alkanes) is 2. The standard InChI is InChI=1S/C9H21NO2S/c1-13-6-4-2-3-5-10-7-9(12)8-11/h9-12H,2-8H2,1H3. The molecule has 0 saturated carbocycles. The lowest BCUT2D eigenvalue weighted by Crippen LogP contribution is -2.29. The van der Waals surface area contributed by atoms with Crippen LogP contribution in [0.3, 0.4) is 0 Å². The molecule has 3 N–H and O–H groups in total. The Kier molecular flexibility index (Phi) is 10.5. The van der Waals surface area contributed by atoms with Crippen LogP contribution in [0.2, 0.25) is 0 Å². The maximum Gasteiger partial charge on any atom is 0.0894 e. The van der Waals surface area contributed by atoms with Crippen LogP contribution in [-0.4, -0.2) is 48.0 Å². The highest BCUT2D eigenvalue weighted by Gasteiger charge is 1.99. The quantitative estimate of drug-likeness (QED) is 0.481.